The Morgan fingerprint density at radius 1 is 1.21 bits per heavy atom. The molecular weight excluding hydrogens is 393 g/mol. The third kappa shape index (κ3) is 6.52. The fourth-order valence-corrected chi connectivity index (χ4v) is 5.57. The van der Waals surface area contributed by atoms with Crippen molar-refractivity contribution < 1.29 is 22.7 Å². The minimum atomic E-state index is -3.07. The summed E-state index contributed by atoms with van der Waals surface area (Å²) in [5.41, 5.74) is 2.91. The van der Waals surface area contributed by atoms with Crippen molar-refractivity contribution in [3.05, 3.63) is 65.0 Å². The van der Waals surface area contributed by atoms with Crippen LogP contribution in [0.15, 0.2) is 42.5 Å². The molecule has 1 aliphatic rings. The Morgan fingerprint density at radius 2 is 1.93 bits per heavy atom. The summed E-state index contributed by atoms with van der Waals surface area (Å²) in [7, 11) is -3.07. The zero-order valence-electron chi connectivity index (χ0n) is 16.8. The van der Waals surface area contributed by atoms with E-state index in [1.165, 1.54) is 12.1 Å². The van der Waals surface area contributed by atoms with Gasteiger partial charge in [0.15, 0.2) is 9.84 Å². The van der Waals surface area contributed by atoms with Crippen LogP contribution in [0.4, 0.5) is 4.39 Å². The Morgan fingerprint density at radius 3 is 2.55 bits per heavy atom. The van der Waals surface area contributed by atoms with Crippen LogP contribution in [0.5, 0.6) is 5.75 Å². The minimum absolute atomic E-state index is 0.0625. The van der Waals surface area contributed by atoms with Gasteiger partial charge in [0.2, 0.25) is 0 Å². The van der Waals surface area contributed by atoms with E-state index >= 15 is 0 Å². The van der Waals surface area contributed by atoms with Gasteiger partial charge in [0.05, 0.1) is 11.5 Å². The van der Waals surface area contributed by atoms with Crippen LogP contribution in [0.2, 0.25) is 0 Å². The maximum atomic E-state index is 13.6. The molecule has 7 heteroatoms. The molecule has 1 fully saturated rings. The van der Waals surface area contributed by atoms with E-state index < -0.39 is 15.9 Å². The molecule has 29 heavy (non-hydrogen) atoms. The summed E-state index contributed by atoms with van der Waals surface area (Å²) >= 11 is 0. The fraction of sp³-hybridized carbons (Fsp3) is 0.455. The summed E-state index contributed by atoms with van der Waals surface area (Å²) in [6.07, 6.45) is -0.282. The van der Waals surface area contributed by atoms with E-state index in [0.717, 1.165) is 16.7 Å². The monoisotopic (exact) mass is 421 g/mol. The normalized spacial score (nSPS) is 19.4. The van der Waals surface area contributed by atoms with Crippen LogP contribution in [-0.4, -0.2) is 55.2 Å². The molecule has 158 valence electrons. The Bertz CT molecular complexity index is 927. The third-order valence-electron chi connectivity index (χ3n) is 5.08. The van der Waals surface area contributed by atoms with E-state index in [4.69, 9.17) is 4.74 Å². The molecule has 0 spiro atoms. The molecular formula is C22H28FNO4S. The van der Waals surface area contributed by atoms with Crippen LogP contribution in [0.25, 0.3) is 0 Å². The average molecular weight is 422 g/mol. The number of nitrogens with zero attached hydrogens (tertiary/aromatic N) is 1. The highest BCUT2D eigenvalue weighted by Crippen LogP contribution is 2.21. The zero-order chi connectivity index (χ0) is 21.0. The molecule has 0 radical (unpaired) electrons. The molecule has 1 heterocycles. The third-order valence-corrected chi connectivity index (χ3v) is 6.83. The maximum Gasteiger partial charge on any atom is 0.151 e. The van der Waals surface area contributed by atoms with E-state index in [-0.39, 0.29) is 36.5 Å². The van der Waals surface area contributed by atoms with Crippen LogP contribution < -0.4 is 4.74 Å². The van der Waals surface area contributed by atoms with Crippen molar-refractivity contribution >= 4 is 9.84 Å². The number of halogens is 1. The summed E-state index contributed by atoms with van der Waals surface area (Å²) in [4.78, 5) is 1.93. The van der Waals surface area contributed by atoms with Crippen LogP contribution in [0.1, 0.15) is 23.1 Å². The molecule has 2 aromatic rings. The van der Waals surface area contributed by atoms with Crippen molar-refractivity contribution in [2.75, 3.05) is 24.7 Å². The van der Waals surface area contributed by atoms with Gasteiger partial charge < -0.3 is 9.84 Å². The molecule has 0 saturated carbocycles. The van der Waals surface area contributed by atoms with Gasteiger partial charge in [-0.2, -0.15) is 0 Å². The number of aryl methyl sites for hydroxylation is 2. The first-order valence-corrected chi connectivity index (χ1v) is 11.6. The van der Waals surface area contributed by atoms with E-state index in [1.807, 2.05) is 36.9 Å². The van der Waals surface area contributed by atoms with E-state index in [2.05, 4.69) is 0 Å². The lowest BCUT2D eigenvalue weighted by atomic mass is 10.1. The molecule has 0 aromatic heterocycles. The Labute approximate surface area is 172 Å². The number of benzene rings is 2. The van der Waals surface area contributed by atoms with E-state index in [9.17, 15) is 17.9 Å². The maximum absolute atomic E-state index is 13.6. The Kier molecular flexibility index (Phi) is 6.93. The van der Waals surface area contributed by atoms with Gasteiger partial charge in [0, 0.05) is 19.1 Å². The number of sulfone groups is 1. The molecule has 5 nitrogen and oxygen atoms in total. The van der Waals surface area contributed by atoms with Gasteiger partial charge in [0.1, 0.15) is 24.3 Å². The molecule has 2 aromatic carbocycles. The molecule has 1 saturated heterocycles. The summed E-state index contributed by atoms with van der Waals surface area (Å²) in [6, 6.07) is 11.9. The largest absolute Gasteiger partial charge is 0.491 e. The van der Waals surface area contributed by atoms with Crippen LogP contribution in [0, 0.1) is 19.7 Å². The molecule has 0 aliphatic carbocycles. The average Bonchev–Trinajstić information content (AvgIpc) is 2.99. The lowest BCUT2D eigenvalue weighted by Gasteiger charge is -2.30. The number of rotatable bonds is 8. The van der Waals surface area contributed by atoms with Gasteiger partial charge in [-0.3, -0.25) is 4.90 Å². The molecule has 0 amide bonds. The first kappa shape index (κ1) is 21.7. The summed E-state index contributed by atoms with van der Waals surface area (Å²) in [6.45, 7) is 4.69. The summed E-state index contributed by atoms with van der Waals surface area (Å²) < 4.78 is 43.2. The van der Waals surface area contributed by atoms with Gasteiger partial charge in [-0.05, 0) is 61.2 Å². The highest BCUT2D eigenvalue weighted by molar-refractivity contribution is 7.91. The van der Waals surface area contributed by atoms with Gasteiger partial charge in [-0.15, -0.1) is 0 Å². The Hall–Kier alpha value is -1.96. The highest BCUT2D eigenvalue weighted by atomic mass is 32.2. The molecule has 2 unspecified atom stereocenters. The second-order valence-electron chi connectivity index (χ2n) is 7.90. The zero-order valence-corrected chi connectivity index (χ0v) is 17.7. The SMILES string of the molecule is Cc1cc(C)cc(OCC(O)CN(Cc2cccc(F)c2)C2CCS(=O)(=O)C2)c1. The summed E-state index contributed by atoms with van der Waals surface area (Å²) in [5.74, 6) is 0.571. The standard InChI is InChI=1S/C22H28FNO4S/c1-16-8-17(2)10-22(9-16)28-14-21(25)13-24(20-6-7-29(26,27)15-20)12-18-4-3-5-19(23)11-18/h3-5,8-11,20-21,25H,6-7,12-15H2,1-2H3. The van der Waals surface area contributed by atoms with Crippen molar-refractivity contribution in [3.63, 3.8) is 0 Å². The number of hydrogen-bond donors (Lipinski definition) is 1. The van der Waals surface area contributed by atoms with Crippen LogP contribution in [0.3, 0.4) is 0 Å². The smallest absolute Gasteiger partial charge is 0.151 e. The van der Waals surface area contributed by atoms with Crippen molar-refractivity contribution in [1.82, 2.24) is 4.90 Å². The molecule has 3 rings (SSSR count). The predicted molar refractivity (Wildman–Crippen MR) is 111 cm³/mol. The molecule has 2 atom stereocenters. The topological polar surface area (TPSA) is 66.8 Å². The lowest BCUT2D eigenvalue weighted by molar-refractivity contribution is 0.0524. The highest BCUT2D eigenvalue weighted by Gasteiger charge is 2.33. The number of ether oxygens (including phenoxy) is 1. The van der Waals surface area contributed by atoms with Gasteiger partial charge >= 0.3 is 0 Å². The first-order chi connectivity index (χ1) is 13.7. The van der Waals surface area contributed by atoms with Crippen molar-refractivity contribution in [2.45, 2.75) is 39.0 Å². The number of hydrogen-bond acceptors (Lipinski definition) is 5. The van der Waals surface area contributed by atoms with Gasteiger partial charge in [-0.1, -0.05) is 18.2 Å². The van der Waals surface area contributed by atoms with Crippen LogP contribution >= 0.6 is 0 Å². The van der Waals surface area contributed by atoms with Crippen molar-refractivity contribution in [3.8, 4) is 5.75 Å². The Balaban J connectivity index is 1.66. The van der Waals surface area contributed by atoms with Gasteiger partial charge in [0.25, 0.3) is 0 Å². The van der Waals surface area contributed by atoms with E-state index in [0.29, 0.717) is 18.7 Å². The molecule has 1 N–H and O–H groups in total. The molecule has 0 bridgehead atoms. The number of aliphatic hydroxyl groups is 1. The number of aliphatic hydroxyl groups excluding tert-OH is 1. The predicted octanol–water partition coefficient (Wildman–Crippen LogP) is 2.87. The summed E-state index contributed by atoms with van der Waals surface area (Å²) in [5, 5.41) is 10.6. The van der Waals surface area contributed by atoms with Crippen LogP contribution in [-0.2, 0) is 16.4 Å². The van der Waals surface area contributed by atoms with Crippen molar-refractivity contribution in [2.24, 2.45) is 0 Å². The van der Waals surface area contributed by atoms with E-state index in [1.54, 1.807) is 12.1 Å². The first-order valence-electron chi connectivity index (χ1n) is 9.78. The molecule has 1 aliphatic heterocycles. The van der Waals surface area contributed by atoms with Gasteiger partial charge in [-0.25, -0.2) is 12.8 Å². The second-order valence-corrected chi connectivity index (χ2v) is 10.1. The second kappa shape index (κ2) is 9.24. The quantitative estimate of drug-likeness (QED) is 0.710. The van der Waals surface area contributed by atoms with Crippen molar-refractivity contribution in [1.29, 1.82) is 0 Å². The minimum Gasteiger partial charge on any atom is -0.491 e. The lowest BCUT2D eigenvalue weighted by Crippen LogP contribution is -2.42. The fourth-order valence-electron chi connectivity index (χ4n) is 3.81.